The number of halogens is 3. The van der Waals surface area contributed by atoms with Crippen LogP contribution in [0.15, 0.2) is 22.7 Å². The topological polar surface area (TPSA) is 20.3 Å². The lowest BCUT2D eigenvalue weighted by Crippen LogP contribution is -2.43. The molecule has 1 aromatic carbocycles. The quantitative estimate of drug-likeness (QED) is 0.473. The SMILES string of the molecule is CC1CN(C(=O)c2cc(I)ccc2Br)CCC1Cl. The summed E-state index contributed by atoms with van der Waals surface area (Å²) in [5.41, 5.74) is 0.738. The fourth-order valence-corrected chi connectivity index (χ4v) is 3.22. The third kappa shape index (κ3) is 3.20. The van der Waals surface area contributed by atoms with Crippen LogP contribution < -0.4 is 0 Å². The highest BCUT2D eigenvalue weighted by Gasteiger charge is 2.28. The molecule has 1 heterocycles. The minimum atomic E-state index is 0.0933. The monoisotopic (exact) mass is 441 g/mol. The fourth-order valence-electron chi connectivity index (χ4n) is 2.13. The first kappa shape index (κ1) is 14.6. The number of hydrogen-bond donors (Lipinski definition) is 0. The second-order valence-corrected chi connectivity index (χ2v) is 7.32. The second kappa shape index (κ2) is 6.09. The van der Waals surface area contributed by atoms with Crippen molar-refractivity contribution in [3.8, 4) is 0 Å². The molecule has 1 aromatic rings. The maximum atomic E-state index is 12.5. The van der Waals surface area contributed by atoms with E-state index in [1.165, 1.54) is 0 Å². The highest BCUT2D eigenvalue weighted by Crippen LogP contribution is 2.26. The summed E-state index contributed by atoms with van der Waals surface area (Å²) in [7, 11) is 0. The average Bonchev–Trinajstić information content (AvgIpc) is 2.35. The van der Waals surface area contributed by atoms with Crippen molar-refractivity contribution in [1.82, 2.24) is 4.90 Å². The van der Waals surface area contributed by atoms with Gasteiger partial charge in [-0.05, 0) is 69.1 Å². The first-order valence-corrected chi connectivity index (χ1v) is 8.18. The molecule has 0 radical (unpaired) electrons. The molecule has 98 valence electrons. The lowest BCUT2D eigenvalue weighted by atomic mass is 9.99. The minimum absolute atomic E-state index is 0.0933. The van der Waals surface area contributed by atoms with Crippen LogP contribution in [0.4, 0.5) is 0 Å². The standard InChI is InChI=1S/C13H14BrClINO/c1-8-7-17(5-4-12(8)15)13(18)10-6-9(16)2-3-11(10)14/h2-3,6,8,12H,4-5,7H2,1H3. The number of carbonyl (C=O) groups is 1. The summed E-state index contributed by atoms with van der Waals surface area (Å²) in [5.74, 6) is 0.446. The zero-order chi connectivity index (χ0) is 13.3. The molecular formula is C13H14BrClINO. The van der Waals surface area contributed by atoms with Gasteiger partial charge in [-0.15, -0.1) is 11.6 Å². The second-order valence-electron chi connectivity index (χ2n) is 4.66. The van der Waals surface area contributed by atoms with E-state index in [9.17, 15) is 4.79 Å². The Morgan fingerprint density at radius 2 is 2.28 bits per heavy atom. The maximum absolute atomic E-state index is 12.5. The van der Waals surface area contributed by atoms with Crippen LogP contribution in [0.5, 0.6) is 0 Å². The van der Waals surface area contributed by atoms with E-state index in [0.29, 0.717) is 5.92 Å². The molecule has 1 aliphatic rings. The molecule has 1 saturated heterocycles. The van der Waals surface area contributed by atoms with E-state index in [0.717, 1.165) is 33.1 Å². The predicted molar refractivity (Wildman–Crippen MR) is 86.2 cm³/mol. The summed E-state index contributed by atoms with van der Waals surface area (Å²) >= 11 is 11.9. The molecule has 1 aliphatic heterocycles. The van der Waals surface area contributed by atoms with Gasteiger partial charge in [-0.2, -0.15) is 0 Å². The van der Waals surface area contributed by atoms with Crippen molar-refractivity contribution < 1.29 is 4.79 Å². The number of nitrogens with zero attached hydrogens (tertiary/aromatic N) is 1. The molecule has 2 nitrogen and oxygen atoms in total. The number of benzene rings is 1. The van der Waals surface area contributed by atoms with Crippen LogP contribution in [0.3, 0.4) is 0 Å². The Kier molecular flexibility index (Phi) is 4.94. The molecule has 2 rings (SSSR count). The molecule has 2 unspecified atom stereocenters. The first-order chi connectivity index (χ1) is 8.49. The van der Waals surface area contributed by atoms with Gasteiger partial charge in [0.15, 0.2) is 0 Å². The van der Waals surface area contributed by atoms with E-state index in [1.807, 2.05) is 23.1 Å². The number of likely N-dealkylation sites (tertiary alicyclic amines) is 1. The van der Waals surface area contributed by atoms with E-state index in [2.05, 4.69) is 45.4 Å². The number of carbonyl (C=O) groups excluding carboxylic acids is 1. The van der Waals surface area contributed by atoms with Gasteiger partial charge in [-0.1, -0.05) is 6.92 Å². The predicted octanol–water partition coefficient (Wildman–Crippen LogP) is 4.14. The molecule has 18 heavy (non-hydrogen) atoms. The largest absolute Gasteiger partial charge is 0.338 e. The Labute approximate surface area is 134 Å². The van der Waals surface area contributed by atoms with E-state index < -0.39 is 0 Å². The van der Waals surface area contributed by atoms with Crippen LogP contribution in [-0.2, 0) is 0 Å². The molecule has 0 bridgehead atoms. The van der Waals surface area contributed by atoms with Crippen molar-refractivity contribution in [2.24, 2.45) is 5.92 Å². The summed E-state index contributed by atoms with van der Waals surface area (Å²) in [6, 6.07) is 5.83. The van der Waals surface area contributed by atoms with Crippen molar-refractivity contribution in [2.45, 2.75) is 18.7 Å². The van der Waals surface area contributed by atoms with Gasteiger partial charge in [0.2, 0.25) is 0 Å². The van der Waals surface area contributed by atoms with Crippen molar-refractivity contribution in [3.63, 3.8) is 0 Å². The van der Waals surface area contributed by atoms with Gasteiger partial charge in [0.25, 0.3) is 5.91 Å². The van der Waals surface area contributed by atoms with Crippen molar-refractivity contribution in [2.75, 3.05) is 13.1 Å². The van der Waals surface area contributed by atoms with Gasteiger partial charge >= 0.3 is 0 Å². The number of amides is 1. The Balaban J connectivity index is 2.19. The van der Waals surface area contributed by atoms with Crippen LogP contribution in [0.1, 0.15) is 23.7 Å². The van der Waals surface area contributed by atoms with E-state index in [4.69, 9.17) is 11.6 Å². The smallest absolute Gasteiger partial charge is 0.255 e. The van der Waals surface area contributed by atoms with Gasteiger partial charge in [-0.25, -0.2) is 0 Å². The molecule has 2 atom stereocenters. The molecular weight excluding hydrogens is 428 g/mol. The number of piperidine rings is 1. The van der Waals surface area contributed by atoms with Crippen molar-refractivity contribution in [1.29, 1.82) is 0 Å². The summed E-state index contributed by atoms with van der Waals surface area (Å²) < 4.78 is 1.92. The maximum Gasteiger partial charge on any atom is 0.255 e. The third-order valence-corrected chi connectivity index (χ3v) is 5.26. The average molecular weight is 443 g/mol. The number of rotatable bonds is 1. The van der Waals surface area contributed by atoms with Crippen LogP contribution in [0.25, 0.3) is 0 Å². The Morgan fingerprint density at radius 3 is 2.94 bits per heavy atom. The summed E-state index contributed by atoms with van der Waals surface area (Å²) in [6.07, 6.45) is 0.871. The van der Waals surface area contributed by atoms with Crippen LogP contribution in [0.2, 0.25) is 0 Å². The lowest BCUT2D eigenvalue weighted by molar-refractivity contribution is 0.0686. The number of alkyl halides is 1. The summed E-state index contributed by atoms with van der Waals surface area (Å²) in [5, 5.41) is 0.188. The molecule has 1 amide bonds. The fraction of sp³-hybridized carbons (Fsp3) is 0.462. The molecule has 0 saturated carbocycles. The van der Waals surface area contributed by atoms with Gasteiger partial charge in [0, 0.05) is 26.5 Å². The molecule has 0 aromatic heterocycles. The normalized spacial score (nSPS) is 24.1. The molecule has 0 spiro atoms. The molecule has 5 heteroatoms. The van der Waals surface area contributed by atoms with Crippen LogP contribution in [-0.4, -0.2) is 29.3 Å². The first-order valence-electron chi connectivity index (χ1n) is 5.87. The van der Waals surface area contributed by atoms with Crippen LogP contribution in [0, 0.1) is 9.49 Å². The lowest BCUT2D eigenvalue weighted by Gasteiger charge is -2.34. The zero-order valence-electron chi connectivity index (χ0n) is 10.00. The molecule has 0 N–H and O–H groups in total. The number of hydrogen-bond acceptors (Lipinski definition) is 1. The Hall–Kier alpha value is 0.190. The summed E-state index contributed by atoms with van der Waals surface area (Å²) in [6.45, 7) is 3.58. The van der Waals surface area contributed by atoms with E-state index in [1.54, 1.807) is 0 Å². The van der Waals surface area contributed by atoms with Gasteiger partial charge in [0.05, 0.1) is 5.56 Å². The van der Waals surface area contributed by atoms with Gasteiger partial charge in [0.1, 0.15) is 0 Å². The van der Waals surface area contributed by atoms with Gasteiger partial charge in [-0.3, -0.25) is 4.79 Å². The van der Waals surface area contributed by atoms with Crippen LogP contribution >= 0.6 is 50.1 Å². The summed E-state index contributed by atoms with van der Waals surface area (Å²) in [4.78, 5) is 14.4. The molecule has 1 fully saturated rings. The van der Waals surface area contributed by atoms with E-state index >= 15 is 0 Å². The Morgan fingerprint density at radius 1 is 1.56 bits per heavy atom. The highest BCUT2D eigenvalue weighted by molar-refractivity contribution is 14.1. The Bertz CT molecular complexity index is 468. The molecule has 0 aliphatic carbocycles. The van der Waals surface area contributed by atoms with Crippen molar-refractivity contribution in [3.05, 3.63) is 31.8 Å². The van der Waals surface area contributed by atoms with Gasteiger partial charge < -0.3 is 4.90 Å². The third-order valence-electron chi connectivity index (χ3n) is 3.25. The van der Waals surface area contributed by atoms with E-state index in [-0.39, 0.29) is 11.3 Å². The highest BCUT2D eigenvalue weighted by atomic mass is 127. The zero-order valence-corrected chi connectivity index (χ0v) is 14.5. The minimum Gasteiger partial charge on any atom is -0.338 e. The van der Waals surface area contributed by atoms with Crippen molar-refractivity contribution >= 4 is 56.0 Å².